The maximum atomic E-state index is 10.8. The van der Waals surface area contributed by atoms with Crippen LogP contribution in [-0.4, -0.2) is 47.7 Å². The summed E-state index contributed by atoms with van der Waals surface area (Å²) in [5.74, 6) is 2.61. The molecule has 0 bridgehead atoms. The summed E-state index contributed by atoms with van der Waals surface area (Å²) in [6, 6.07) is 0.341. The van der Waals surface area contributed by atoms with Gasteiger partial charge >= 0.3 is 0 Å². The molecule has 7 nitrogen and oxygen atoms in total. The Balaban J connectivity index is 2.59. The van der Waals surface area contributed by atoms with Crippen LogP contribution in [0.3, 0.4) is 0 Å². The number of nitrogens with zero attached hydrogens (tertiary/aromatic N) is 3. The number of aromatic nitrogens is 1. The molecule has 0 saturated heterocycles. The van der Waals surface area contributed by atoms with Crippen molar-refractivity contribution in [3.05, 3.63) is 25.7 Å². The van der Waals surface area contributed by atoms with E-state index in [1.807, 2.05) is 23.1 Å². The Labute approximate surface area is 190 Å². The van der Waals surface area contributed by atoms with Gasteiger partial charge in [0.1, 0.15) is 5.01 Å². The number of thiazole rings is 1. The van der Waals surface area contributed by atoms with Gasteiger partial charge < -0.3 is 10.6 Å². The predicted molar refractivity (Wildman–Crippen MR) is 131 cm³/mol. The zero-order valence-electron chi connectivity index (χ0n) is 19.2. The molecule has 0 spiro atoms. The van der Waals surface area contributed by atoms with Crippen LogP contribution in [-0.2, 0) is 12.2 Å². The molecular weight excluding hydrogens is 418 g/mol. The number of hydrogen-bond donors (Lipinski definition) is 2. The first-order valence-electron chi connectivity index (χ1n) is 11.1. The Morgan fingerprint density at radius 1 is 1.27 bits per heavy atom. The SMILES string of the molecule is CCCNC(CC)c1nc(CSCCNC(C[N+](=O)[O-])=NCC(C)C)c(CCC)s1. The third-order valence-electron chi connectivity index (χ3n) is 4.36. The second-order valence-corrected chi connectivity index (χ2v) is 9.96. The van der Waals surface area contributed by atoms with E-state index >= 15 is 0 Å². The van der Waals surface area contributed by atoms with Crippen LogP contribution in [0.2, 0.25) is 0 Å². The van der Waals surface area contributed by atoms with E-state index in [9.17, 15) is 10.1 Å². The summed E-state index contributed by atoms with van der Waals surface area (Å²) in [5.41, 5.74) is 1.21. The highest BCUT2D eigenvalue weighted by Crippen LogP contribution is 2.29. The van der Waals surface area contributed by atoms with Crippen molar-refractivity contribution in [2.75, 3.05) is 31.9 Å². The summed E-state index contributed by atoms with van der Waals surface area (Å²) in [5, 5.41) is 18.8. The topological polar surface area (TPSA) is 92.5 Å². The van der Waals surface area contributed by atoms with Gasteiger partial charge in [0, 0.05) is 34.4 Å². The average Bonchev–Trinajstić information content (AvgIpc) is 3.08. The highest BCUT2D eigenvalue weighted by molar-refractivity contribution is 7.98. The molecule has 0 aliphatic rings. The van der Waals surface area contributed by atoms with Crippen molar-refractivity contribution in [2.45, 2.75) is 72.1 Å². The average molecular weight is 458 g/mol. The number of thioether (sulfide) groups is 1. The maximum absolute atomic E-state index is 10.8. The third-order valence-corrected chi connectivity index (χ3v) is 6.60. The fourth-order valence-electron chi connectivity index (χ4n) is 2.83. The number of nitro groups is 1. The van der Waals surface area contributed by atoms with Crippen LogP contribution in [0.4, 0.5) is 0 Å². The number of hydrogen-bond acceptors (Lipinski definition) is 7. The van der Waals surface area contributed by atoms with Crippen LogP contribution in [0.15, 0.2) is 4.99 Å². The minimum absolute atomic E-state index is 0.239. The lowest BCUT2D eigenvalue weighted by atomic mass is 10.2. The van der Waals surface area contributed by atoms with Crippen molar-refractivity contribution in [3.63, 3.8) is 0 Å². The Morgan fingerprint density at radius 3 is 2.63 bits per heavy atom. The molecule has 0 aliphatic heterocycles. The van der Waals surface area contributed by atoms with E-state index in [1.165, 1.54) is 15.6 Å². The van der Waals surface area contributed by atoms with Crippen molar-refractivity contribution in [2.24, 2.45) is 10.9 Å². The molecule has 1 rings (SSSR count). The van der Waals surface area contributed by atoms with Gasteiger partial charge in [0.15, 0.2) is 5.84 Å². The molecule has 0 amide bonds. The molecule has 1 aromatic rings. The van der Waals surface area contributed by atoms with Crippen LogP contribution in [0.25, 0.3) is 0 Å². The number of amidine groups is 1. The Kier molecular flexibility index (Phi) is 13.9. The summed E-state index contributed by atoms with van der Waals surface area (Å²) in [7, 11) is 0. The van der Waals surface area contributed by atoms with Gasteiger partial charge in [-0.25, -0.2) is 4.98 Å². The van der Waals surface area contributed by atoms with Gasteiger partial charge in [-0.1, -0.05) is 41.0 Å². The van der Waals surface area contributed by atoms with E-state index in [0.717, 1.165) is 43.7 Å². The van der Waals surface area contributed by atoms with Crippen molar-refractivity contribution in [1.29, 1.82) is 0 Å². The zero-order chi connectivity index (χ0) is 22.4. The van der Waals surface area contributed by atoms with Crippen molar-refractivity contribution in [1.82, 2.24) is 15.6 Å². The summed E-state index contributed by atoms with van der Waals surface area (Å²) < 4.78 is 0. The molecule has 0 aromatic carbocycles. The second kappa shape index (κ2) is 15.6. The minimum Gasteiger partial charge on any atom is -0.368 e. The van der Waals surface area contributed by atoms with E-state index in [-0.39, 0.29) is 11.5 Å². The molecule has 2 N–H and O–H groups in total. The van der Waals surface area contributed by atoms with Gasteiger partial charge in [-0.2, -0.15) is 11.8 Å². The lowest BCUT2D eigenvalue weighted by molar-refractivity contribution is -0.463. The lowest BCUT2D eigenvalue weighted by Gasteiger charge is -2.13. The number of rotatable bonds is 16. The molecule has 1 aromatic heterocycles. The quantitative estimate of drug-likeness (QED) is 0.123. The molecule has 0 aliphatic carbocycles. The van der Waals surface area contributed by atoms with Crippen molar-refractivity contribution < 1.29 is 4.92 Å². The van der Waals surface area contributed by atoms with Gasteiger partial charge in [-0.3, -0.25) is 15.1 Å². The molecule has 1 unspecified atom stereocenters. The summed E-state index contributed by atoms with van der Waals surface area (Å²) in [6.45, 7) is 12.8. The van der Waals surface area contributed by atoms with E-state index < -0.39 is 0 Å². The molecule has 1 atom stereocenters. The van der Waals surface area contributed by atoms with Crippen LogP contribution in [0.1, 0.15) is 75.5 Å². The van der Waals surface area contributed by atoms with Gasteiger partial charge in [0.25, 0.3) is 6.54 Å². The Morgan fingerprint density at radius 2 is 2.03 bits per heavy atom. The molecule has 0 saturated carbocycles. The minimum atomic E-state index is -0.330. The number of aryl methyl sites for hydroxylation is 1. The van der Waals surface area contributed by atoms with Gasteiger partial charge in [-0.05, 0) is 31.7 Å². The van der Waals surface area contributed by atoms with E-state index in [1.54, 1.807) is 0 Å². The highest BCUT2D eigenvalue weighted by atomic mass is 32.2. The van der Waals surface area contributed by atoms with Crippen LogP contribution < -0.4 is 10.6 Å². The fraction of sp³-hybridized carbons (Fsp3) is 0.810. The van der Waals surface area contributed by atoms with E-state index in [0.29, 0.717) is 30.9 Å². The monoisotopic (exact) mass is 457 g/mol. The van der Waals surface area contributed by atoms with Crippen LogP contribution >= 0.6 is 23.1 Å². The van der Waals surface area contributed by atoms with Crippen molar-refractivity contribution in [3.8, 4) is 0 Å². The second-order valence-electron chi connectivity index (χ2n) is 7.74. The molecule has 172 valence electrons. The maximum Gasteiger partial charge on any atom is 0.259 e. The fourth-order valence-corrected chi connectivity index (χ4v) is 5.08. The number of aliphatic imine (C=N–C) groups is 1. The normalized spacial score (nSPS) is 13.1. The summed E-state index contributed by atoms with van der Waals surface area (Å²) >= 11 is 3.67. The first-order chi connectivity index (χ1) is 14.4. The molecule has 0 radical (unpaired) electrons. The molecule has 9 heteroatoms. The summed E-state index contributed by atoms with van der Waals surface area (Å²) in [4.78, 5) is 21.2. The molecule has 0 fully saturated rings. The Hall–Kier alpha value is -1.19. The lowest BCUT2D eigenvalue weighted by Crippen LogP contribution is -2.32. The van der Waals surface area contributed by atoms with E-state index in [2.05, 4.69) is 50.2 Å². The molecule has 30 heavy (non-hydrogen) atoms. The van der Waals surface area contributed by atoms with Gasteiger partial charge in [0.2, 0.25) is 0 Å². The first-order valence-corrected chi connectivity index (χ1v) is 13.1. The Bertz CT molecular complexity index is 649. The first kappa shape index (κ1) is 26.8. The number of nitrogens with one attached hydrogen (secondary N) is 2. The third kappa shape index (κ3) is 10.7. The summed E-state index contributed by atoms with van der Waals surface area (Å²) in [6.07, 6.45) is 4.37. The van der Waals surface area contributed by atoms with Gasteiger partial charge in [-0.15, -0.1) is 11.3 Å². The molecular formula is C21H39N5O2S2. The predicted octanol–water partition coefficient (Wildman–Crippen LogP) is 4.70. The van der Waals surface area contributed by atoms with Crippen LogP contribution in [0.5, 0.6) is 0 Å². The standard InChI is InChI=1S/C21H39N5O2S2/c1-6-9-19-18(25-21(30-19)17(8-3)22-10-7-2)15-29-12-11-23-20(14-26(27)28)24-13-16(4)5/h16-17,22H,6-15H2,1-5H3,(H,23,24). The highest BCUT2D eigenvalue weighted by Gasteiger charge is 2.17. The van der Waals surface area contributed by atoms with Crippen molar-refractivity contribution >= 4 is 28.9 Å². The molecule has 1 heterocycles. The zero-order valence-corrected chi connectivity index (χ0v) is 20.8. The smallest absolute Gasteiger partial charge is 0.259 e. The van der Waals surface area contributed by atoms with Gasteiger partial charge in [0.05, 0.1) is 11.7 Å². The largest absolute Gasteiger partial charge is 0.368 e. The van der Waals surface area contributed by atoms with E-state index in [4.69, 9.17) is 4.98 Å². The van der Waals surface area contributed by atoms with Crippen LogP contribution in [0, 0.1) is 16.0 Å².